The summed E-state index contributed by atoms with van der Waals surface area (Å²) < 4.78 is 5.73. The van der Waals surface area contributed by atoms with Crippen LogP contribution in [-0.4, -0.2) is 5.11 Å². The van der Waals surface area contributed by atoms with Gasteiger partial charge in [-0.15, -0.1) is 0 Å². The second-order valence-corrected chi connectivity index (χ2v) is 5.47. The highest BCUT2D eigenvalue weighted by atomic mass is 35.5. The summed E-state index contributed by atoms with van der Waals surface area (Å²) in [6.07, 6.45) is 0. The molecule has 1 aromatic heterocycles. The van der Waals surface area contributed by atoms with E-state index in [1.54, 1.807) is 0 Å². The van der Waals surface area contributed by atoms with Gasteiger partial charge in [0.05, 0.1) is 10.4 Å². The molecule has 3 aromatic rings. The SMILES string of the molecule is Cc1ccccc1-c1cc(=O)c2cc(Cl)c(O)c(Cl)c2o1. The quantitative estimate of drug-likeness (QED) is 0.701. The molecule has 1 heterocycles. The summed E-state index contributed by atoms with van der Waals surface area (Å²) in [6.45, 7) is 1.92. The lowest BCUT2D eigenvalue weighted by Gasteiger charge is -2.08. The molecule has 0 radical (unpaired) electrons. The normalized spacial score (nSPS) is 11.0. The number of fused-ring (bicyclic) bond motifs is 1. The van der Waals surface area contributed by atoms with Gasteiger partial charge >= 0.3 is 0 Å². The molecule has 0 atom stereocenters. The Morgan fingerprint density at radius 2 is 1.86 bits per heavy atom. The van der Waals surface area contributed by atoms with E-state index in [4.69, 9.17) is 27.6 Å². The van der Waals surface area contributed by atoms with Gasteiger partial charge in [-0.2, -0.15) is 0 Å². The van der Waals surface area contributed by atoms with Crippen LogP contribution in [0.4, 0.5) is 0 Å². The van der Waals surface area contributed by atoms with E-state index in [2.05, 4.69) is 0 Å². The number of phenols is 1. The molecule has 3 rings (SSSR count). The second kappa shape index (κ2) is 5.10. The molecular weight excluding hydrogens is 311 g/mol. The summed E-state index contributed by atoms with van der Waals surface area (Å²) in [5, 5.41) is 9.97. The van der Waals surface area contributed by atoms with Crippen molar-refractivity contribution in [2.75, 3.05) is 0 Å². The van der Waals surface area contributed by atoms with E-state index >= 15 is 0 Å². The Labute approximate surface area is 130 Å². The summed E-state index contributed by atoms with van der Waals surface area (Å²) in [4.78, 5) is 12.2. The Morgan fingerprint density at radius 3 is 2.57 bits per heavy atom. The highest BCUT2D eigenvalue weighted by Crippen LogP contribution is 2.38. The smallest absolute Gasteiger partial charge is 0.193 e. The molecule has 0 saturated heterocycles. The van der Waals surface area contributed by atoms with Gasteiger partial charge in [0.25, 0.3) is 0 Å². The zero-order chi connectivity index (χ0) is 15.1. The van der Waals surface area contributed by atoms with Crippen molar-refractivity contribution in [1.29, 1.82) is 0 Å². The van der Waals surface area contributed by atoms with E-state index in [0.717, 1.165) is 11.1 Å². The maximum Gasteiger partial charge on any atom is 0.193 e. The Bertz CT molecular complexity index is 913. The first kappa shape index (κ1) is 14.0. The predicted molar refractivity (Wildman–Crippen MR) is 84.3 cm³/mol. The van der Waals surface area contributed by atoms with Gasteiger partial charge in [-0.1, -0.05) is 47.5 Å². The fourth-order valence-electron chi connectivity index (χ4n) is 2.19. The van der Waals surface area contributed by atoms with Crippen molar-refractivity contribution in [2.45, 2.75) is 6.92 Å². The van der Waals surface area contributed by atoms with Gasteiger partial charge in [0.1, 0.15) is 10.8 Å². The molecule has 0 aliphatic carbocycles. The van der Waals surface area contributed by atoms with Crippen molar-refractivity contribution in [3.05, 3.63) is 62.2 Å². The number of hydrogen-bond donors (Lipinski definition) is 1. The van der Waals surface area contributed by atoms with E-state index in [9.17, 15) is 9.90 Å². The molecule has 106 valence electrons. The lowest BCUT2D eigenvalue weighted by atomic mass is 10.1. The summed E-state index contributed by atoms with van der Waals surface area (Å²) in [5.41, 5.74) is 1.62. The largest absolute Gasteiger partial charge is 0.505 e. The number of phenolic OH excluding ortho intramolecular Hbond substituents is 1. The Morgan fingerprint density at radius 1 is 1.14 bits per heavy atom. The third-order valence-electron chi connectivity index (χ3n) is 3.30. The molecule has 0 aliphatic rings. The fourth-order valence-corrected chi connectivity index (χ4v) is 2.69. The Kier molecular flexibility index (Phi) is 3.40. The van der Waals surface area contributed by atoms with E-state index < -0.39 is 0 Å². The van der Waals surface area contributed by atoms with Crippen LogP contribution in [0.1, 0.15) is 5.56 Å². The van der Waals surface area contributed by atoms with Crippen LogP contribution in [0.15, 0.2) is 45.6 Å². The van der Waals surface area contributed by atoms with Crippen molar-refractivity contribution in [3.63, 3.8) is 0 Å². The molecule has 3 nitrogen and oxygen atoms in total. The number of aryl methyl sites for hydroxylation is 1. The summed E-state index contributed by atoms with van der Waals surface area (Å²) in [6, 6.07) is 10.3. The van der Waals surface area contributed by atoms with Gasteiger partial charge in [0.15, 0.2) is 16.8 Å². The summed E-state index contributed by atoms with van der Waals surface area (Å²) in [7, 11) is 0. The minimum atomic E-state index is -0.295. The van der Waals surface area contributed by atoms with Gasteiger partial charge in [0, 0.05) is 11.6 Å². The highest BCUT2D eigenvalue weighted by molar-refractivity contribution is 6.40. The number of rotatable bonds is 1. The third-order valence-corrected chi connectivity index (χ3v) is 3.94. The standard InChI is InChI=1S/C16H10Cl2O3/c1-8-4-2-3-5-9(8)13-7-12(19)10-6-11(17)15(20)14(18)16(10)21-13/h2-7,20H,1H3. The molecule has 21 heavy (non-hydrogen) atoms. The average Bonchev–Trinajstić information content (AvgIpc) is 2.46. The Hall–Kier alpha value is -1.97. The van der Waals surface area contributed by atoms with Gasteiger partial charge in [-0.25, -0.2) is 0 Å². The summed E-state index contributed by atoms with van der Waals surface area (Å²) in [5.74, 6) is 0.102. The second-order valence-electron chi connectivity index (χ2n) is 4.69. The maximum atomic E-state index is 12.2. The number of hydrogen-bond acceptors (Lipinski definition) is 3. The van der Waals surface area contributed by atoms with Crippen LogP contribution < -0.4 is 5.43 Å². The van der Waals surface area contributed by atoms with Crippen molar-refractivity contribution < 1.29 is 9.52 Å². The molecule has 0 aliphatic heterocycles. The van der Waals surface area contributed by atoms with Crippen molar-refractivity contribution in [1.82, 2.24) is 0 Å². The first-order chi connectivity index (χ1) is 9.99. The van der Waals surface area contributed by atoms with Crippen LogP contribution in [0.2, 0.25) is 10.0 Å². The van der Waals surface area contributed by atoms with Crippen molar-refractivity contribution in [3.8, 4) is 17.1 Å². The molecule has 5 heteroatoms. The molecule has 0 saturated carbocycles. The molecule has 2 aromatic carbocycles. The minimum Gasteiger partial charge on any atom is -0.505 e. The monoisotopic (exact) mass is 320 g/mol. The van der Waals surface area contributed by atoms with Gasteiger partial charge in [-0.3, -0.25) is 4.79 Å². The number of aromatic hydroxyl groups is 1. The first-order valence-corrected chi connectivity index (χ1v) is 6.95. The van der Waals surface area contributed by atoms with Gasteiger partial charge in [0.2, 0.25) is 0 Å². The van der Waals surface area contributed by atoms with E-state index in [1.165, 1.54) is 12.1 Å². The van der Waals surface area contributed by atoms with E-state index in [1.807, 2.05) is 31.2 Å². The van der Waals surface area contributed by atoms with E-state index in [0.29, 0.717) is 5.76 Å². The van der Waals surface area contributed by atoms with Crippen molar-refractivity contribution >= 4 is 34.2 Å². The molecule has 0 amide bonds. The van der Waals surface area contributed by atoms with Gasteiger partial charge < -0.3 is 9.52 Å². The maximum absolute atomic E-state index is 12.2. The highest BCUT2D eigenvalue weighted by Gasteiger charge is 2.16. The van der Waals surface area contributed by atoms with Crippen molar-refractivity contribution in [2.24, 2.45) is 0 Å². The van der Waals surface area contributed by atoms with Crippen LogP contribution in [0.3, 0.4) is 0 Å². The van der Waals surface area contributed by atoms with Crippen LogP contribution in [0.25, 0.3) is 22.3 Å². The molecule has 1 N–H and O–H groups in total. The topological polar surface area (TPSA) is 50.4 Å². The Balaban J connectivity index is 2.39. The zero-order valence-corrected chi connectivity index (χ0v) is 12.5. The fraction of sp³-hybridized carbons (Fsp3) is 0.0625. The molecular formula is C16H10Cl2O3. The summed E-state index contributed by atoms with van der Waals surface area (Å²) >= 11 is 11.9. The van der Waals surface area contributed by atoms with Gasteiger partial charge in [-0.05, 0) is 18.6 Å². The average molecular weight is 321 g/mol. The lowest BCUT2D eigenvalue weighted by Crippen LogP contribution is -2.01. The number of benzene rings is 2. The van der Waals surface area contributed by atoms with E-state index in [-0.39, 0.29) is 32.2 Å². The minimum absolute atomic E-state index is 0.0171. The lowest BCUT2D eigenvalue weighted by molar-refractivity contribution is 0.475. The molecule has 0 bridgehead atoms. The molecule has 0 unspecified atom stereocenters. The van der Waals surface area contributed by atoms with Crippen LogP contribution in [0, 0.1) is 6.92 Å². The predicted octanol–water partition coefficient (Wildman–Crippen LogP) is 4.78. The molecule has 0 spiro atoms. The van der Waals surface area contributed by atoms with Crippen LogP contribution >= 0.6 is 23.2 Å². The zero-order valence-electron chi connectivity index (χ0n) is 11.0. The molecule has 0 fully saturated rings. The van der Waals surface area contributed by atoms with Crippen LogP contribution in [0.5, 0.6) is 5.75 Å². The third kappa shape index (κ3) is 2.28. The van der Waals surface area contributed by atoms with Crippen LogP contribution in [-0.2, 0) is 0 Å². The first-order valence-electron chi connectivity index (χ1n) is 6.20. The number of halogens is 2.